The van der Waals surface area contributed by atoms with E-state index in [0.717, 1.165) is 5.57 Å². The molecule has 0 spiro atoms. The first-order valence-electron chi connectivity index (χ1n) is 7.89. The van der Waals surface area contributed by atoms with Gasteiger partial charge in [0, 0.05) is 37.5 Å². The van der Waals surface area contributed by atoms with Crippen molar-refractivity contribution in [2.75, 3.05) is 0 Å². The van der Waals surface area contributed by atoms with Crippen molar-refractivity contribution in [3.8, 4) is 0 Å². The van der Waals surface area contributed by atoms with E-state index < -0.39 is 6.10 Å². The first-order chi connectivity index (χ1) is 10.3. The number of rotatable bonds is 1. The van der Waals surface area contributed by atoms with Crippen LogP contribution >= 0.6 is 0 Å². The maximum atomic E-state index is 12.1. The number of esters is 2. The van der Waals surface area contributed by atoms with E-state index in [1.165, 1.54) is 6.92 Å². The molecule has 0 N–H and O–H groups in total. The highest BCUT2D eigenvalue weighted by molar-refractivity contribution is 5.85. The number of hydrogen-bond acceptors (Lipinski definition) is 5. The van der Waals surface area contributed by atoms with Gasteiger partial charge in [0.15, 0.2) is 0 Å². The van der Waals surface area contributed by atoms with E-state index in [1.54, 1.807) is 0 Å². The molecule has 2 saturated carbocycles. The summed E-state index contributed by atoms with van der Waals surface area (Å²) in [6.07, 6.45) is 0.192. The molecule has 3 rings (SSSR count). The van der Waals surface area contributed by atoms with Gasteiger partial charge in [-0.1, -0.05) is 26.0 Å². The van der Waals surface area contributed by atoms with Crippen LogP contribution in [0.1, 0.15) is 33.6 Å². The molecule has 0 aromatic rings. The Morgan fingerprint density at radius 3 is 2.50 bits per heavy atom. The smallest absolute Gasteiger partial charge is 0.309 e. The SMILES string of the molecule is C=C1C[C@H](OC(C)=O)[C@@H]2[C@H](OC(=O)[C@H]2C)[C@H]2[C@H](C)C(=O)C[C@@H]12. The van der Waals surface area contributed by atoms with Crippen molar-refractivity contribution in [3.05, 3.63) is 12.2 Å². The molecule has 120 valence electrons. The maximum Gasteiger partial charge on any atom is 0.309 e. The Morgan fingerprint density at radius 2 is 1.86 bits per heavy atom. The van der Waals surface area contributed by atoms with Crippen LogP contribution in [-0.2, 0) is 23.9 Å². The molecule has 3 aliphatic rings. The van der Waals surface area contributed by atoms with Gasteiger partial charge in [-0.2, -0.15) is 0 Å². The van der Waals surface area contributed by atoms with Crippen LogP contribution in [0.2, 0.25) is 0 Å². The third-order valence-corrected chi connectivity index (χ3v) is 5.67. The van der Waals surface area contributed by atoms with Crippen molar-refractivity contribution in [2.45, 2.75) is 45.8 Å². The minimum Gasteiger partial charge on any atom is -0.462 e. The molecule has 0 unspecified atom stereocenters. The van der Waals surface area contributed by atoms with Crippen LogP contribution in [0.5, 0.6) is 0 Å². The van der Waals surface area contributed by atoms with Crippen LogP contribution in [0.3, 0.4) is 0 Å². The summed E-state index contributed by atoms with van der Waals surface area (Å²) in [6.45, 7) is 9.22. The van der Waals surface area contributed by atoms with Crippen molar-refractivity contribution in [1.29, 1.82) is 0 Å². The van der Waals surface area contributed by atoms with Crippen molar-refractivity contribution >= 4 is 17.7 Å². The van der Waals surface area contributed by atoms with E-state index in [-0.39, 0.29) is 53.4 Å². The van der Waals surface area contributed by atoms with Gasteiger partial charge in [0.05, 0.1) is 5.92 Å². The van der Waals surface area contributed by atoms with Gasteiger partial charge in [0.25, 0.3) is 0 Å². The van der Waals surface area contributed by atoms with E-state index in [1.807, 2.05) is 13.8 Å². The zero-order valence-electron chi connectivity index (χ0n) is 13.2. The van der Waals surface area contributed by atoms with Crippen LogP contribution in [0.25, 0.3) is 0 Å². The van der Waals surface area contributed by atoms with Crippen LogP contribution < -0.4 is 0 Å². The Morgan fingerprint density at radius 1 is 1.18 bits per heavy atom. The van der Waals surface area contributed by atoms with Crippen molar-refractivity contribution in [1.82, 2.24) is 0 Å². The summed E-state index contributed by atoms with van der Waals surface area (Å²) in [5.74, 6) is -1.11. The van der Waals surface area contributed by atoms with E-state index in [9.17, 15) is 14.4 Å². The minimum absolute atomic E-state index is 0.0219. The highest BCUT2D eigenvalue weighted by Crippen LogP contribution is 2.52. The summed E-state index contributed by atoms with van der Waals surface area (Å²) in [5, 5.41) is 0. The number of fused-ring (bicyclic) bond motifs is 3. The molecule has 2 aliphatic carbocycles. The highest BCUT2D eigenvalue weighted by Gasteiger charge is 2.58. The van der Waals surface area contributed by atoms with Gasteiger partial charge in [-0.25, -0.2) is 0 Å². The molecule has 0 radical (unpaired) electrons. The normalized spacial score (nSPS) is 44.1. The lowest BCUT2D eigenvalue weighted by molar-refractivity contribution is -0.151. The predicted molar refractivity (Wildman–Crippen MR) is 77.6 cm³/mol. The van der Waals surface area contributed by atoms with Crippen LogP contribution in [0.4, 0.5) is 0 Å². The average molecular weight is 306 g/mol. The predicted octanol–water partition coefficient (Wildman–Crippen LogP) is 1.90. The summed E-state index contributed by atoms with van der Waals surface area (Å²) in [5.41, 5.74) is 0.937. The molecule has 1 aliphatic heterocycles. The van der Waals surface area contributed by atoms with Crippen LogP contribution in [-0.4, -0.2) is 29.9 Å². The molecule has 1 saturated heterocycles. The fourth-order valence-electron chi connectivity index (χ4n) is 4.54. The molecule has 5 nitrogen and oxygen atoms in total. The van der Waals surface area contributed by atoms with E-state index in [2.05, 4.69) is 6.58 Å². The lowest BCUT2D eigenvalue weighted by Crippen LogP contribution is -2.39. The second-order valence-electron chi connectivity index (χ2n) is 6.92. The van der Waals surface area contributed by atoms with Crippen LogP contribution in [0, 0.1) is 29.6 Å². The number of hydrogen-bond donors (Lipinski definition) is 0. The van der Waals surface area contributed by atoms with Crippen molar-refractivity contribution < 1.29 is 23.9 Å². The lowest BCUT2D eigenvalue weighted by Gasteiger charge is -2.30. The molecular weight excluding hydrogens is 284 g/mol. The molecule has 0 bridgehead atoms. The summed E-state index contributed by atoms with van der Waals surface area (Å²) in [4.78, 5) is 35.7. The molecule has 3 fully saturated rings. The van der Waals surface area contributed by atoms with Gasteiger partial charge in [-0.15, -0.1) is 0 Å². The lowest BCUT2D eigenvalue weighted by atomic mass is 9.77. The molecular formula is C17H22O5. The zero-order valence-corrected chi connectivity index (χ0v) is 13.2. The van der Waals surface area contributed by atoms with E-state index >= 15 is 0 Å². The third-order valence-electron chi connectivity index (χ3n) is 5.67. The number of ether oxygens (including phenoxy) is 2. The summed E-state index contributed by atoms with van der Waals surface area (Å²) in [6, 6.07) is 0. The second kappa shape index (κ2) is 5.21. The molecule has 0 aromatic carbocycles. The number of Topliss-reactive ketones (excluding diaryl/α,β-unsaturated/α-hetero) is 1. The standard InChI is InChI=1S/C17H22O5/c1-7-5-13(21-10(4)18)15-9(3)17(20)22-16(15)14-8(2)12(19)6-11(7)14/h8-9,11,13-16H,1,5-6H2,2-4H3/t8-,9+,11+,13+,14+,15-,16-/m1/s1. The minimum atomic E-state index is -0.399. The van der Waals surface area contributed by atoms with Gasteiger partial charge >= 0.3 is 11.9 Å². The molecule has 7 atom stereocenters. The van der Waals surface area contributed by atoms with Gasteiger partial charge in [-0.3, -0.25) is 14.4 Å². The fraction of sp³-hybridized carbons (Fsp3) is 0.706. The number of carbonyl (C=O) groups is 3. The second-order valence-corrected chi connectivity index (χ2v) is 6.92. The van der Waals surface area contributed by atoms with Gasteiger partial charge < -0.3 is 9.47 Å². The summed E-state index contributed by atoms with van der Waals surface area (Å²) < 4.78 is 11.1. The van der Waals surface area contributed by atoms with Crippen molar-refractivity contribution in [2.24, 2.45) is 29.6 Å². The average Bonchev–Trinajstić information content (AvgIpc) is 2.83. The summed E-state index contributed by atoms with van der Waals surface area (Å²) in [7, 11) is 0. The Kier molecular flexibility index (Phi) is 3.62. The molecule has 22 heavy (non-hydrogen) atoms. The molecule has 0 amide bonds. The first-order valence-corrected chi connectivity index (χ1v) is 7.89. The van der Waals surface area contributed by atoms with E-state index in [0.29, 0.717) is 12.8 Å². The van der Waals surface area contributed by atoms with Gasteiger partial charge in [0.2, 0.25) is 0 Å². The number of carbonyl (C=O) groups excluding carboxylic acids is 3. The Balaban J connectivity index is 2.01. The first kappa shape index (κ1) is 15.3. The summed E-state index contributed by atoms with van der Waals surface area (Å²) >= 11 is 0. The number of ketones is 1. The monoisotopic (exact) mass is 306 g/mol. The third kappa shape index (κ3) is 2.18. The largest absolute Gasteiger partial charge is 0.462 e. The Labute approximate surface area is 130 Å². The molecule has 1 heterocycles. The van der Waals surface area contributed by atoms with Gasteiger partial charge in [-0.05, 0) is 5.92 Å². The Bertz CT molecular complexity index is 551. The van der Waals surface area contributed by atoms with Crippen molar-refractivity contribution in [3.63, 3.8) is 0 Å². The molecule has 5 heteroatoms. The maximum absolute atomic E-state index is 12.1. The fourth-order valence-corrected chi connectivity index (χ4v) is 4.54. The Hall–Kier alpha value is -1.65. The highest BCUT2D eigenvalue weighted by atomic mass is 16.6. The molecule has 0 aromatic heterocycles. The zero-order chi connectivity index (χ0) is 16.2. The van der Waals surface area contributed by atoms with Crippen LogP contribution in [0.15, 0.2) is 12.2 Å². The van der Waals surface area contributed by atoms with E-state index in [4.69, 9.17) is 9.47 Å². The quantitative estimate of drug-likeness (QED) is 0.546. The topological polar surface area (TPSA) is 69.7 Å². The van der Waals surface area contributed by atoms with Gasteiger partial charge in [0.1, 0.15) is 18.0 Å².